The topological polar surface area (TPSA) is 93.1 Å². The normalized spacial score (nSPS) is 14.6. The van der Waals surface area contributed by atoms with Crippen molar-refractivity contribution in [3.8, 4) is 5.69 Å². The molecule has 1 aromatic heterocycles. The smallest absolute Gasteiger partial charge is 0.240 e. The molecule has 1 unspecified atom stereocenters. The fraction of sp³-hybridized carbons (Fsp3) is 0.360. The van der Waals surface area contributed by atoms with Crippen LogP contribution in [0.4, 0.5) is 5.69 Å². The average Bonchev–Trinajstić information content (AvgIpc) is 3.17. The van der Waals surface area contributed by atoms with Crippen LogP contribution in [0.3, 0.4) is 0 Å². The SMILES string of the molecule is CC(C)NS(=O)(=O)c1ccc(NC(=O)C(C)Sc2nc3c(n2-c2ccccc2)CCCC3)cc1. The van der Waals surface area contributed by atoms with E-state index in [0.717, 1.165) is 42.2 Å². The highest BCUT2D eigenvalue weighted by Crippen LogP contribution is 2.32. The largest absolute Gasteiger partial charge is 0.325 e. The average molecular weight is 499 g/mol. The number of nitrogens with zero attached hydrogens (tertiary/aromatic N) is 2. The maximum absolute atomic E-state index is 12.9. The quantitative estimate of drug-likeness (QED) is 0.444. The van der Waals surface area contributed by atoms with E-state index in [1.165, 1.54) is 29.6 Å². The van der Waals surface area contributed by atoms with E-state index in [4.69, 9.17) is 4.98 Å². The van der Waals surface area contributed by atoms with Crippen LogP contribution in [0.25, 0.3) is 5.69 Å². The summed E-state index contributed by atoms with van der Waals surface area (Å²) in [4.78, 5) is 18.0. The molecule has 0 spiro atoms. The van der Waals surface area contributed by atoms with Crippen molar-refractivity contribution in [2.45, 2.75) is 67.8 Å². The Morgan fingerprint density at radius 2 is 1.68 bits per heavy atom. The van der Waals surface area contributed by atoms with Crippen LogP contribution in [0.1, 0.15) is 45.0 Å². The van der Waals surface area contributed by atoms with Crippen molar-refractivity contribution in [2.24, 2.45) is 0 Å². The molecule has 1 amide bonds. The summed E-state index contributed by atoms with van der Waals surface area (Å²) in [5.41, 5.74) is 3.96. The number of nitrogens with one attached hydrogen (secondary N) is 2. The molecule has 2 aromatic carbocycles. The molecule has 1 aliphatic rings. The number of fused-ring (bicyclic) bond motifs is 1. The standard InChI is InChI=1S/C25H30N4O3S2/c1-17(2)28-34(31,32)21-15-13-19(14-16-21)26-24(30)18(3)33-25-27-22-11-7-8-12-23(22)29(25)20-9-5-4-6-10-20/h4-6,9-10,13-18,28H,7-8,11-12H2,1-3H3,(H,26,30). The lowest BCUT2D eigenvalue weighted by atomic mass is 10.0. The molecule has 0 aliphatic heterocycles. The van der Waals surface area contributed by atoms with Crippen molar-refractivity contribution in [3.63, 3.8) is 0 Å². The lowest BCUT2D eigenvalue weighted by Gasteiger charge is -2.16. The molecular formula is C25H30N4O3S2. The van der Waals surface area contributed by atoms with Crippen LogP contribution in [0.2, 0.25) is 0 Å². The highest BCUT2D eigenvalue weighted by molar-refractivity contribution is 8.00. The second-order valence-electron chi connectivity index (χ2n) is 8.72. The van der Waals surface area contributed by atoms with Crippen molar-refractivity contribution in [2.75, 3.05) is 5.32 Å². The summed E-state index contributed by atoms with van der Waals surface area (Å²) in [6.07, 6.45) is 4.23. The summed E-state index contributed by atoms with van der Waals surface area (Å²) >= 11 is 1.43. The molecule has 1 aliphatic carbocycles. The minimum absolute atomic E-state index is 0.164. The number of sulfonamides is 1. The summed E-state index contributed by atoms with van der Waals surface area (Å²) in [5.74, 6) is -0.165. The number of hydrogen-bond acceptors (Lipinski definition) is 5. The van der Waals surface area contributed by atoms with Gasteiger partial charge in [0.1, 0.15) is 0 Å². The van der Waals surface area contributed by atoms with E-state index in [2.05, 4.69) is 26.7 Å². The molecule has 0 bridgehead atoms. The maximum atomic E-state index is 12.9. The van der Waals surface area contributed by atoms with E-state index in [1.807, 2.05) is 25.1 Å². The first-order chi connectivity index (χ1) is 16.2. The van der Waals surface area contributed by atoms with Crippen molar-refractivity contribution >= 4 is 33.4 Å². The summed E-state index contributed by atoms with van der Waals surface area (Å²) < 4.78 is 29.4. The number of para-hydroxylation sites is 1. The van der Waals surface area contributed by atoms with Gasteiger partial charge in [0, 0.05) is 23.1 Å². The summed E-state index contributed by atoms with van der Waals surface area (Å²) in [6.45, 7) is 5.39. The molecule has 1 atom stereocenters. The van der Waals surface area contributed by atoms with Crippen molar-refractivity contribution in [3.05, 3.63) is 66.0 Å². The molecule has 0 saturated carbocycles. The van der Waals surface area contributed by atoms with Gasteiger partial charge in [0.15, 0.2) is 5.16 Å². The molecule has 4 rings (SSSR count). The summed E-state index contributed by atoms with van der Waals surface area (Å²) in [7, 11) is -3.57. The number of carbonyl (C=O) groups excluding carboxylic acids is 1. The molecule has 9 heteroatoms. The minimum Gasteiger partial charge on any atom is -0.325 e. The third kappa shape index (κ3) is 5.54. The lowest BCUT2D eigenvalue weighted by molar-refractivity contribution is -0.115. The number of imidazole rings is 1. The molecule has 3 aromatic rings. The first kappa shape index (κ1) is 24.5. The zero-order valence-electron chi connectivity index (χ0n) is 19.6. The van der Waals surface area contributed by atoms with E-state index in [1.54, 1.807) is 26.0 Å². The summed E-state index contributed by atoms with van der Waals surface area (Å²) in [5, 5.41) is 3.32. The zero-order valence-corrected chi connectivity index (χ0v) is 21.2. The number of thioether (sulfide) groups is 1. The van der Waals surface area contributed by atoms with Gasteiger partial charge in [-0.3, -0.25) is 9.36 Å². The predicted molar refractivity (Wildman–Crippen MR) is 136 cm³/mol. The van der Waals surface area contributed by atoms with Gasteiger partial charge >= 0.3 is 0 Å². The van der Waals surface area contributed by atoms with Crippen LogP contribution in [0, 0.1) is 0 Å². The highest BCUT2D eigenvalue weighted by Gasteiger charge is 2.25. The molecule has 34 heavy (non-hydrogen) atoms. The van der Waals surface area contributed by atoms with Gasteiger partial charge in [-0.05, 0) is 82.9 Å². The van der Waals surface area contributed by atoms with Crippen molar-refractivity contribution in [1.82, 2.24) is 14.3 Å². The first-order valence-corrected chi connectivity index (χ1v) is 13.9. The number of carbonyl (C=O) groups is 1. The molecule has 7 nitrogen and oxygen atoms in total. The van der Waals surface area contributed by atoms with Crippen molar-refractivity contribution < 1.29 is 13.2 Å². The Morgan fingerprint density at radius 1 is 1.00 bits per heavy atom. The molecule has 0 saturated heterocycles. The number of hydrogen-bond donors (Lipinski definition) is 2. The molecule has 180 valence electrons. The van der Waals surface area contributed by atoms with Gasteiger partial charge in [0.2, 0.25) is 15.9 Å². The van der Waals surface area contributed by atoms with Gasteiger partial charge in [0.25, 0.3) is 0 Å². The number of benzene rings is 2. The Bertz CT molecular complexity index is 1250. The number of amides is 1. The van der Waals surface area contributed by atoms with Crippen molar-refractivity contribution in [1.29, 1.82) is 0 Å². The number of rotatable bonds is 8. The Labute approximate surface area is 205 Å². The molecule has 0 fully saturated rings. The van der Waals surface area contributed by atoms with Crippen LogP contribution in [-0.2, 0) is 27.7 Å². The van der Waals surface area contributed by atoms with Gasteiger partial charge in [-0.1, -0.05) is 30.0 Å². The highest BCUT2D eigenvalue weighted by atomic mass is 32.2. The third-order valence-corrected chi connectivity index (χ3v) is 8.32. The van der Waals surface area contributed by atoms with Crippen LogP contribution in [0.5, 0.6) is 0 Å². The van der Waals surface area contributed by atoms with E-state index in [9.17, 15) is 13.2 Å². The van der Waals surface area contributed by atoms with E-state index in [-0.39, 0.29) is 16.8 Å². The Balaban J connectivity index is 1.49. The number of aryl methyl sites for hydroxylation is 1. The first-order valence-electron chi connectivity index (χ1n) is 11.5. The van der Waals surface area contributed by atoms with Gasteiger partial charge in [-0.15, -0.1) is 0 Å². The molecule has 1 heterocycles. The van der Waals surface area contributed by atoms with E-state index in [0.29, 0.717) is 5.69 Å². The fourth-order valence-corrected chi connectivity index (χ4v) is 6.21. The Kier molecular flexibility index (Phi) is 7.45. The van der Waals surface area contributed by atoms with Crippen LogP contribution < -0.4 is 10.0 Å². The monoisotopic (exact) mass is 498 g/mol. The maximum Gasteiger partial charge on any atom is 0.240 e. The van der Waals surface area contributed by atoms with Gasteiger partial charge in [-0.25, -0.2) is 18.1 Å². The second-order valence-corrected chi connectivity index (χ2v) is 11.7. The van der Waals surface area contributed by atoms with Gasteiger partial charge in [-0.2, -0.15) is 0 Å². The van der Waals surface area contributed by atoms with Gasteiger partial charge < -0.3 is 5.32 Å². The minimum atomic E-state index is -3.57. The zero-order chi connectivity index (χ0) is 24.3. The Morgan fingerprint density at radius 3 is 2.35 bits per heavy atom. The fourth-order valence-electron chi connectivity index (χ4n) is 3.99. The lowest BCUT2D eigenvalue weighted by Crippen LogP contribution is -2.30. The van der Waals surface area contributed by atoms with Gasteiger partial charge in [0.05, 0.1) is 15.8 Å². The Hall–Kier alpha value is -2.62. The molecule has 2 N–H and O–H groups in total. The van der Waals surface area contributed by atoms with E-state index < -0.39 is 15.3 Å². The van der Waals surface area contributed by atoms with Crippen LogP contribution in [0.15, 0.2) is 64.6 Å². The number of anilines is 1. The molecule has 0 radical (unpaired) electrons. The van der Waals surface area contributed by atoms with Crippen LogP contribution >= 0.6 is 11.8 Å². The van der Waals surface area contributed by atoms with E-state index >= 15 is 0 Å². The number of aromatic nitrogens is 2. The third-order valence-electron chi connectivity index (χ3n) is 5.59. The molecular weight excluding hydrogens is 468 g/mol. The van der Waals surface area contributed by atoms with Crippen LogP contribution in [-0.4, -0.2) is 35.2 Å². The summed E-state index contributed by atoms with van der Waals surface area (Å²) in [6, 6.07) is 16.1. The second kappa shape index (κ2) is 10.3. The predicted octanol–water partition coefficient (Wildman–Crippen LogP) is 4.56.